The quantitative estimate of drug-likeness (QED) is 0.912. The van der Waals surface area contributed by atoms with E-state index < -0.39 is 12.1 Å². The summed E-state index contributed by atoms with van der Waals surface area (Å²) in [5, 5.41) is 5.94. The molecule has 1 aromatic carbocycles. The Labute approximate surface area is 129 Å². The van der Waals surface area contributed by atoms with Crippen molar-refractivity contribution in [2.75, 3.05) is 6.61 Å². The molecule has 0 aliphatic carbocycles. The van der Waals surface area contributed by atoms with Crippen LogP contribution in [0.3, 0.4) is 0 Å². The number of rotatable bonds is 5. The summed E-state index contributed by atoms with van der Waals surface area (Å²) in [6.07, 6.45) is -4.68. The molecule has 23 heavy (non-hydrogen) atoms. The smallest absolute Gasteiger partial charge is 0.471 e. The number of ether oxygens (including phenoxy) is 1. The molecule has 0 bridgehead atoms. The van der Waals surface area contributed by atoms with Gasteiger partial charge in [-0.3, -0.25) is 4.79 Å². The molecule has 0 atom stereocenters. The van der Waals surface area contributed by atoms with Gasteiger partial charge in [-0.1, -0.05) is 5.16 Å². The highest BCUT2D eigenvalue weighted by molar-refractivity contribution is 5.77. The number of carbonyl (C=O) groups is 1. The van der Waals surface area contributed by atoms with Gasteiger partial charge in [0.15, 0.2) is 6.61 Å². The lowest BCUT2D eigenvalue weighted by atomic mass is 10.2. The number of benzene rings is 1. The number of nitrogens with one attached hydrogen (secondary N) is 1. The molecule has 1 aromatic heterocycles. The number of hydrogen-bond donors (Lipinski definition) is 1. The van der Waals surface area contributed by atoms with Gasteiger partial charge >= 0.3 is 12.1 Å². The van der Waals surface area contributed by atoms with E-state index in [1.807, 2.05) is 13.8 Å². The summed E-state index contributed by atoms with van der Waals surface area (Å²) >= 11 is 0. The van der Waals surface area contributed by atoms with Crippen molar-refractivity contribution >= 4 is 5.91 Å². The number of aromatic nitrogens is 2. The van der Waals surface area contributed by atoms with E-state index in [0.717, 1.165) is 0 Å². The van der Waals surface area contributed by atoms with E-state index in [1.54, 1.807) is 0 Å². The maximum Gasteiger partial charge on any atom is 0.471 e. The second-order valence-electron chi connectivity index (χ2n) is 4.96. The van der Waals surface area contributed by atoms with Crippen molar-refractivity contribution in [1.29, 1.82) is 0 Å². The molecule has 0 saturated carbocycles. The van der Waals surface area contributed by atoms with E-state index in [-0.39, 0.29) is 24.4 Å². The molecule has 0 aliphatic heterocycles. The topological polar surface area (TPSA) is 77.2 Å². The number of hydrogen-bond acceptors (Lipinski definition) is 5. The number of nitrogens with zero attached hydrogens (tertiary/aromatic N) is 2. The van der Waals surface area contributed by atoms with Crippen molar-refractivity contribution in [2.45, 2.75) is 26.1 Å². The molecule has 2 rings (SSSR count). The molecule has 1 amide bonds. The summed E-state index contributed by atoms with van der Waals surface area (Å²) in [7, 11) is 0. The van der Waals surface area contributed by atoms with Crippen molar-refractivity contribution in [3.8, 4) is 17.1 Å². The zero-order valence-corrected chi connectivity index (χ0v) is 12.3. The van der Waals surface area contributed by atoms with Crippen molar-refractivity contribution in [1.82, 2.24) is 15.5 Å². The fourth-order valence-corrected chi connectivity index (χ4v) is 1.67. The largest absolute Gasteiger partial charge is 0.484 e. The molecule has 1 heterocycles. The van der Waals surface area contributed by atoms with Gasteiger partial charge in [-0.2, -0.15) is 18.2 Å². The minimum atomic E-state index is -4.68. The van der Waals surface area contributed by atoms with Crippen molar-refractivity contribution in [2.24, 2.45) is 0 Å². The average Bonchev–Trinajstić information content (AvgIpc) is 2.95. The van der Waals surface area contributed by atoms with E-state index in [0.29, 0.717) is 11.3 Å². The standard InChI is InChI=1S/C14H14F3N3O3/c1-8(2)18-11(21)7-22-10-5-3-9(4-6-10)12-19-13(23-20-12)14(15,16)17/h3-6,8H,7H2,1-2H3,(H,18,21). The summed E-state index contributed by atoms with van der Waals surface area (Å²) in [6, 6.07) is 5.96. The Morgan fingerprint density at radius 3 is 2.48 bits per heavy atom. The Hall–Kier alpha value is -2.58. The molecule has 0 unspecified atom stereocenters. The normalized spacial score (nSPS) is 11.6. The molecular weight excluding hydrogens is 315 g/mol. The van der Waals surface area contributed by atoms with E-state index in [1.165, 1.54) is 24.3 Å². The Balaban J connectivity index is 1.99. The van der Waals surface area contributed by atoms with Gasteiger partial charge < -0.3 is 14.6 Å². The molecule has 1 N–H and O–H groups in total. The SMILES string of the molecule is CC(C)NC(=O)COc1ccc(-c2noc(C(F)(F)F)n2)cc1. The van der Waals surface area contributed by atoms with Gasteiger partial charge in [0.25, 0.3) is 5.91 Å². The maximum absolute atomic E-state index is 12.4. The third-order valence-electron chi connectivity index (χ3n) is 2.60. The second kappa shape index (κ2) is 6.67. The molecule has 124 valence electrons. The van der Waals surface area contributed by atoms with Crippen LogP contribution in [0.15, 0.2) is 28.8 Å². The first-order valence-electron chi connectivity index (χ1n) is 6.69. The lowest BCUT2D eigenvalue weighted by molar-refractivity contribution is -0.159. The lowest BCUT2D eigenvalue weighted by Crippen LogP contribution is -2.34. The van der Waals surface area contributed by atoms with Gasteiger partial charge in [-0.15, -0.1) is 0 Å². The van der Waals surface area contributed by atoms with Crippen LogP contribution in [0.5, 0.6) is 5.75 Å². The molecule has 6 nitrogen and oxygen atoms in total. The van der Waals surface area contributed by atoms with Crippen LogP contribution in [0.4, 0.5) is 13.2 Å². The summed E-state index contributed by atoms with van der Waals surface area (Å²) in [6.45, 7) is 3.50. The van der Waals surface area contributed by atoms with Crippen LogP contribution in [0.1, 0.15) is 19.7 Å². The van der Waals surface area contributed by atoms with Crippen LogP contribution in [-0.2, 0) is 11.0 Å². The van der Waals surface area contributed by atoms with E-state index in [4.69, 9.17) is 4.74 Å². The van der Waals surface area contributed by atoms with Crippen LogP contribution in [0.2, 0.25) is 0 Å². The van der Waals surface area contributed by atoms with E-state index in [9.17, 15) is 18.0 Å². The minimum absolute atomic E-state index is 0.00884. The van der Waals surface area contributed by atoms with E-state index in [2.05, 4.69) is 20.0 Å². The highest BCUT2D eigenvalue weighted by atomic mass is 19.4. The average molecular weight is 329 g/mol. The molecule has 0 radical (unpaired) electrons. The fraction of sp³-hybridized carbons (Fsp3) is 0.357. The number of halogens is 3. The lowest BCUT2D eigenvalue weighted by Gasteiger charge is -2.09. The van der Waals surface area contributed by atoms with Crippen molar-refractivity contribution < 1.29 is 27.2 Å². The predicted octanol–water partition coefficient (Wildman–Crippen LogP) is 2.66. The summed E-state index contributed by atoms with van der Waals surface area (Å²) < 4.78 is 46.6. The zero-order valence-electron chi connectivity index (χ0n) is 12.3. The Morgan fingerprint density at radius 2 is 1.96 bits per heavy atom. The Kier molecular flexibility index (Phi) is 4.87. The first-order chi connectivity index (χ1) is 10.8. The fourth-order valence-electron chi connectivity index (χ4n) is 1.67. The number of carbonyl (C=O) groups excluding carboxylic acids is 1. The van der Waals surface area contributed by atoms with Gasteiger partial charge in [0.05, 0.1) is 0 Å². The number of alkyl halides is 3. The zero-order chi connectivity index (χ0) is 17.0. The van der Waals surface area contributed by atoms with Gasteiger partial charge in [-0.05, 0) is 38.1 Å². The van der Waals surface area contributed by atoms with Gasteiger partial charge in [0, 0.05) is 11.6 Å². The Morgan fingerprint density at radius 1 is 1.30 bits per heavy atom. The van der Waals surface area contributed by atoms with Crippen LogP contribution in [0.25, 0.3) is 11.4 Å². The number of amides is 1. The monoisotopic (exact) mass is 329 g/mol. The highest BCUT2D eigenvalue weighted by Gasteiger charge is 2.38. The molecule has 2 aromatic rings. The first-order valence-corrected chi connectivity index (χ1v) is 6.69. The third-order valence-corrected chi connectivity index (χ3v) is 2.60. The maximum atomic E-state index is 12.4. The second-order valence-corrected chi connectivity index (χ2v) is 4.96. The summed E-state index contributed by atoms with van der Waals surface area (Å²) in [5.74, 6) is -1.45. The molecule has 0 fully saturated rings. The molecule has 9 heteroatoms. The van der Waals surface area contributed by atoms with Crippen LogP contribution in [0, 0.1) is 0 Å². The van der Waals surface area contributed by atoms with Crippen LogP contribution in [-0.4, -0.2) is 28.7 Å². The van der Waals surface area contributed by atoms with E-state index >= 15 is 0 Å². The van der Waals surface area contributed by atoms with Gasteiger partial charge in [-0.25, -0.2) is 0 Å². The summed E-state index contributed by atoms with van der Waals surface area (Å²) in [5.41, 5.74) is 0.336. The van der Waals surface area contributed by atoms with Crippen molar-refractivity contribution in [3.63, 3.8) is 0 Å². The minimum Gasteiger partial charge on any atom is -0.484 e. The van der Waals surface area contributed by atoms with Gasteiger partial charge in [0.1, 0.15) is 5.75 Å². The summed E-state index contributed by atoms with van der Waals surface area (Å²) in [4.78, 5) is 14.7. The molecule has 0 saturated heterocycles. The van der Waals surface area contributed by atoms with Crippen molar-refractivity contribution in [3.05, 3.63) is 30.2 Å². The Bertz CT molecular complexity index is 666. The van der Waals surface area contributed by atoms with Crippen LogP contribution >= 0.6 is 0 Å². The molecule has 0 aliphatic rings. The molecular formula is C14H14F3N3O3. The van der Waals surface area contributed by atoms with Crippen LogP contribution < -0.4 is 10.1 Å². The molecule has 0 spiro atoms. The highest BCUT2D eigenvalue weighted by Crippen LogP contribution is 2.29. The van der Waals surface area contributed by atoms with Gasteiger partial charge in [0.2, 0.25) is 5.82 Å². The predicted molar refractivity (Wildman–Crippen MR) is 73.5 cm³/mol. The third kappa shape index (κ3) is 4.70. The first kappa shape index (κ1) is 16.8.